The number of urea groups is 1. The van der Waals surface area contributed by atoms with Gasteiger partial charge in [0.05, 0.1) is 13.1 Å². The number of likely N-dealkylation sites (N-methyl/N-ethyl adjacent to an activating group) is 1. The largest absolute Gasteiger partial charge is 0.489 e. The lowest BCUT2D eigenvalue weighted by molar-refractivity contribution is -0.138. The molecule has 0 aliphatic carbocycles. The standard InChI is InChI=1S/C20H30FN3O4/c1-3-17(28-18-8-4-6-15(21)12-18)13-22-20(27)24-10-5-7-16(9-11-24)23(2)14-19(25)26/h4,6,8,12,16-17H,3,5,7,9-11,13-14H2,1-2H3,(H,22,27)(H,25,26). The second-order valence-corrected chi connectivity index (χ2v) is 7.17. The van der Waals surface area contributed by atoms with Crippen molar-refractivity contribution in [3.63, 3.8) is 0 Å². The summed E-state index contributed by atoms with van der Waals surface area (Å²) in [5.74, 6) is -0.756. The number of rotatable bonds is 8. The van der Waals surface area contributed by atoms with Crippen LogP contribution in [0.1, 0.15) is 32.6 Å². The summed E-state index contributed by atoms with van der Waals surface area (Å²) >= 11 is 0. The predicted molar refractivity (Wildman–Crippen MR) is 104 cm³/mol. The lowest BCUT2D eigenvalue weighted by Crippen LogP contribution is -2.44. The minimum Gasteiger partial charge on any atom is -0.489 e. The molecule has 28 heavy (non-hydrogen) atoms. The van der Waals surface area contributed by atoms with Crippen LogP contribution in [0.25, 0.3) is 0 Å². The summed E-state index contributed by atoms with van der Waals surface area (Å²) in [6.07, 6.45) is 2.88. The monoisotopic (exact) mass is 395 g/mol. The van der Waals surface area contributed by atoms with Gasteiger partial charge in [0.1, 0.15) is 17.7 Å². The van der Waals surface area contributed by atoms with Crippen LogP contribution in [0.3, 0.4) is 0 Å². The van der Waals surface area contributed by atoms with Crippen molar-refractivity contribution in [3.05, 3.63) is 30.1 Å². The second-order valence-electron chi connectivity index (χ2n) is 7.17. The molecule has 1 heterocycles. The number of likely N-dealkylation sites (tertiary alicyclic amines) is 1. The van der Waals surface area contributed by atoms with E-state index in [1.807, 2.05) is 18.9 Å². The van der Waals surface area contributed by atoms with E-state index in [0.29, 0.717) is 31.8 Å². The molecule has 1 saturated heterocycles. The van der Waals surface area contributed by atoms with Crippen LogP contribution in [0.15, 0.2) is 24.3 Å². The zero-order valence-corrected chi connectivity index (χ0v) is 16.6. The van der Waals surface area contributed by atoms with Crippen LogP contribution in [0.4, 0.5) is 9.18 Å². The van der Waals surface area contributed by atoms with Crippen molar-refractivity contribution in [1.82, 2.24) is 15.1 Å². The summed E-state index contributed by atoms with van der Waals surface area (Å²) in [5.41, 5.74) is 0. The Hall–Kier alpha value is -2.35. The SMILES string of the molecule is CCC(CNC(=O)N1CCCC(N(C)CC(=O)O)CC1)Oc1cccc(F)c1. The highest BCUT2D eigenvalue weighted by atomic mass is 19.1. The number of nitrogens with zero attached hydrogens (tertiary/aromatic N) is 2. The number of carbonyl (C=O) groups excluding carboxylic acids is 1. The van der Waals surface area contributed by atoms with Gasteiger partial charge in [-0.1, -0.05) is 13.0 Å². The Morgan fingerprint density at radius 2 is 2.18 bits per heavy atom. The van der Waals surface area contributed by atoms with Gasteiger partial charge in [-0.2, -0.15) is 0 Å². The van der Waals surface area contributed by atoms with Crippen LogP contribution in [0, 0.1) is 5.82 Å². The molecule has 0 radical (unpaired) electrons. The highest BCUT2D eigenvalue weighted by Gasteiger charge is 2.24. The van der Waals surface area contributed by atoms with Crippen molar-refractivity contribution < 1.29 is 23.8 Å². The molecule has 0 aromatic heterocycles. The van der Waals surface area contributed by atoms with Crippen LogP contribution in [0.5, 0.6) is 5.75 Å². The van der Waals surface area contributed by atoms with Crippen molar-refractivity contribution in [2.24, 2.45) is 0 Å². The van der Waals surface area contributed by atoms with Gasteiger partial charge in [-0.25, -0.2) is 9.18 Å². The Kier molecular flexibility index (Phi) is 8.50. The van der Waals surface area contributed by atoms with Gasteiger partial charge >= 0.3 is 12.0 Å². The maximum atomic E-state index is 13.3. The molecule has 1 aliphatic heterocycles. The second kappa shape index (κ2) is 10.8. The van der Waals surface area contributed by atoms with Gasteiger partial charge in [-0.15, -0.1) is 0 Å². The number of benzene rings is 1. The first-order chi connectivity index (χ1) is 13.4. The van der Waals surface area contributed by atoms with Crippen molar-refractivity contribution >= 4 is 12.0 Å². The number of ether oxygens (including phenoxy) is 1. The number of carboxylic acids is 1. The highest BCUT2D eigenvalue weighted by molar-refractivity contribution is 5.74. The quantitative estimate of drug-likeness (QED) is 0.707. The highest BCUT2D eigenvalue weighted by Crippen LogP contribution is 2.17. The van der Waals surface area contributed by atoms with E-state index in [1.165, 1.54) is 12.1 Å². The Labute approximate surface area is 165 Å². The number of carboxylic acid groups (broad SMARTS) is 1. The van der Waals surface area contributed by atoms with Crippen molar-refractivity contribution in [1.29, 1.82) is 0 Å². The van der Waals surface area contributed by atoms with E-state index in [2.05, 4.69) is 5.32 Å². The number of hydrogen-bond acceptors (Lipinski definition) is 4. The molecule has 1 aliphatic rings. The van der Waals surface area contributed by atoms with E-state index >= 15 is 0 Å². The van der Waals surface area contributed by atoms with Crippen LogP contribution in [-0.4, -0.2) is 72.3 Å². The third-order valence-electron chi connectivity index (χ3n) is 5.03. The molecule has 2 amide bonds. The van der Waals surface area contributed by atoms with Gasteiger partial charge in [-0.05, 0) is 44.9 Å². The summed E-state index contributed by atoms with van der Waals surface area (Å²) in [4.78, 5) is 27.0. The number of amides is 2. The molecule has 2 atom stereocenters. The summed E-state index contributed by atoms with van der Waals surface area (Å²) in [7, 11) is 1.81. The molecular weight excluding hydrogens is 365 g/mol. The summed E-state index contributed by atoms with van der Waals surface area (Å²) in [5, 5.41) is 11.8. The van der Waals surface area contributed by atoms with Gasteiger partial charge in [-0.3, -0.25) is 9.69 Å². The molecule has 0 bridgehead atoms. The molecule has 0 saturated carbocycles. The fraction of sp³-hybridized carbons (Fsp3) is 0.600. The van der Waals surface area contributed by atoms with Gasteiger partial charge in [0.15, 0.2) is 0 Å². The maximum Gasteiger partial charge on any atom is 0.317 e. The lowest BCUT2D eigenvalue weighted by atomic mass is 10.1. The molecule has 2 rings (SSSR count). The van der Waals surface area contributed by atoms with E-state index in [0.717, 1.165) is 19.3 Å². The molecule has 7 nitrogen and oxygen atoms in total. The maximum absolute atomic E-state index is 13.3. The molecule has 2 N–H and O–H groups in total. The zero-order valence-electron chi connectivity index (χ0n) is 16.6. The molecular formula is C20H30FN3O4. The van der Waals surface area contributed by atoms with E-state index in [4.69, 9.17) is 9.84 Å². The average molecular weight is 395 g/mol. The first kappa shape index (κ1) is 21.9. The Balaban J connectivity index is 1.80. The van der Waals surface area contributed by atoms with Gasteiger partial charge < -0.3 is 20.1 Å². The Morgan fingerprint density at radius 1 is 1.39 bits per heavy atom. The summed E-state index contributed by atoms with van der Waals surface area (Å²) < 4.78 is 19.0. The Morgan fingerprint density at radius 3 is 2.86 bits per heavy atom. The van der Waals surface area contributed by atoms with E-state index < -0.39 is 5.97 Å². The normalized spacial score (nSPS) is 18.4. The van der Waals surface area contributed by atoms with Crippen molar-refractivity contribution in [2.75, 3.05) is 33.2 Å². The van der Waals surface area contributed by atoms with Crippen molar-refractivity contribution in [2.45, 2.75) is 44.8 Å². The first-order valence-electron chi connectivity index (χ1n) is 9.76. The topological polar surface area (TPSA) is 82.1 Å². The number of nitrogens with one attached hydrogen (secondary N) is 1. The summed E-state index contributed by atoms with van der Waals surface area (Å²) in [6, 6.07) is 5.97. The third-order valence-corrected chi connectivity index (χ3v) is 5.03. The zero-order chi connectivity index (χ0) is 20.5. The van der Waals surface area contributed by atoms with Gasteiger partial charge in [0, 0.05) is 25.2 Å². The molecule has 156 valence electrons. The van der Waals surface area contributed by atoms with E-state index in [9.17, 15) is 14.0 Å². The molecule has 8 heteroatoms. The van der Waals surface area contributed by atoms with Gasteiger partial charge in [0.2, 0.25) is 0 Å². The minimum absolute atomic E-state index is 0.00641. The number of aliphatic carboxylic acids is 1. The molecule has 1 fully saturated rings. The number of hydrogen-bond donors (Lipinski definition) is 2. The van der Waals surface area contributed by atoms with Crippen molar-refractivity contribution in [3.8, 4) is 5.75 Å². The molecule has 0 spiro atoms. The number of halogens is 1. The fourth-order valence-electron chi connectivity index (χ4n) is 3.38. The van der Waals surface area contributed by atoms with Crippen LogP contribution in [-0.2, 0) is 4.79 Å². The number of carbonyl (C=O) groups is 2. The van der Waals surface area contributed by atoms with Crippen LogP contribution < -0.4 is 10.1 Å². The van der Waals surface area contributed by atoms with E-state index in [-0.39, 0.29) is 30.5 Å². The van der Waals surface area contributed by atoms with Crippen LogP contribution in [0.2, 0.25) is 0 Å². The molecule has 1 aromatic rings. The summed E-state index contributed by atoms with van der Waals surface area (Å²) in [6.45, 7) is 3.52. The lowest BCUT2D eigenvalue weighted by Gasteiger charge is -2.26. The molecule has 2 unspecified atom stereocenters. The van der Waals surface area contributed by atoms with E-state index in [1.54, 1.807) is 17.0 Å². The molecule has 1 aromatic carbocycles. The van der Waals surface area contributed by atoms with Crippen LogP contribution >= 0.6 is 0 Å². The average Bonchev–Trinajstić information content (AvgIpc) is 2.90. The fourth-order valence-corrected chi connectivity index (χ4v) is 3.38. The van der Waals surface area contributed by atoms with Gasteiger partial charge in [0.25, 0.3) is 0 Å². The minimum atomic E-state index is -0.842. The predicted octanol–water partition coefficient (Wildman–Crippen LogP) is 2.56. The smallest absolute Gasteiger partial charge is 0.317 e. The first-order valence-corrected chi connectivity index (χ1v) is 9.76. The third kappa shape index (κ3) is 6.99. The Bertz CT molecular complexity index is 658.